The van der Waals surface area contributed by atoms with E-state index in [0.29, 0.717) is 6.54 Å². The lowest BCUT2D eigenvalue weighted by atomic mass is 10.1. The summed E-state index contributed by atoms with van der Waals surface area (Å²) in [5.41, 5.74) is 8.13. The van der Waals surface area contributed by atoms with E-state index >= 15 is 0 Å². The predicted molar refractivity (Wildman–Crippen MR) is 76.5 cm³/mol. The first-order valence-electron chi connectivity index (χ1n) is 6.14. The van der Waals surface area contributed by atoms with E-state index in [0.717, 1.165) is 23.0 Å². The van der Waals surface area contributed by atoms with E-state index in [-0.39, 0.29) is 0 Å². The number of benzene rings is 1. The zero-order valence-corrected chi connectivity index (χ0v) is 11.8. The van der Waals surface area contributed by atoms with Gasteiger partial charge in [0.1, 0.15) is 5.75 Å². The Morgan fingerprint density at radius 1 is 1.41 bits per heavy atom. The SMILES string of the molecule is CCC(C)CSCc1ccc(OC)c(CN)c1. The molecule has 1 unspecified atom stereocenters. The fraction of sp³-hybridized carbons (Fsp3) is 0.571. The van der Waals surface area contributed by atoms with Crippen LogP contribution in [0.3, 0.4) is 0 Å². The molecule has 0 bridgehead atoms. The van der Waals surface area contributed by atoms with Crippen molar-refractivity contribution in [3.63, 3.8) is 0 Å². The average molecular weight is 253 g/mol. The van der Waals surface area contributed by atoms with Crippen LogP contribution in [0.15, 0.2) is 18.2 Å². The highest BCUT2D eigenvalue weighted by atomic mass is 32.2. The minimum absolute atomic E-state index is 0.535. The molecule has 3 heteroatoms. The molecular formula is C14H23NOS. The summed E-state index contributed by atoms with van der Waals surface area (Å²) in [6, 6.07) is 6.30. The summed E-state index contributed by atoms with van der Waals surface area (Å²) in [4.78, 5) is 0. The van der Waals surface area contributed by atoms with Crippen LogP contribution in [0.25, 0.3) is 0 Å². The maximum absolute atomic E-state index is 5.71. The second-order valence-electron chi connectivity index (χ2n) is 4.38. The number of hydrogen-bond donors (Lipinski definition) is 1. The maximum atomic E-state index is 5.71. The third-order valence-electron chi connectivity index (χ3n) is 2.93. The standard InChI is InChI=1S/C14H23NOS/c1-4-11(2)9-17-10-12-5-6-14(16-3)13(7-12)8-15/h5-7,11H,4,8-10,15H2,1-3H3. The normalized spacial score (nSPS) is 12.5. The second-order valence-corrected chi connectivity index (χ2v) is 5.41. The van der Waals surface area contributed by atoms with Crippen molar-refractivity contribution in [1.29, 1.82) is 0 Å². The van der Waals surface area contributed by atoms with Crippen LogP contribution in [-0.4, -0.2) is 12.9 Å². The molecule has 0 saturated heterocycles. The summed E-state index contributed by atoms with van der Waals surface area (Å²) in [6.45, 7) is 5.07. The first kappa shape index (κ1) is 14.4. The van der Waals surface area contributed by atoms with Crippen molar-refractivity contribution < 1.29 is 4.74 Å². The highest BCUT2D eigenvalue weighted by molar-refractivity contribution is 7.98. The van der Waals surface area contributed by atoms with E-state index < -0.39 is 0 Å². The molecule has 0 spiro atoms. The van der Waals surface area contributed by atoms with Crippen LogP contribution in [0.5, 0.6) is 5.75 Å². The first-order valence-corrected chi connectivity index (χ1v) is 7.30. The molecule has 0 radical (unpaired) electrons. The summed E-state index contributed by atoms with van der Waals surface area (Å²) in [5, 5.41) is 0. The average Bonchev–Trinajstić information content (AvgIpc) is 2.38. The van der Waals surface area contributed by atoms with Crippen LogP contribution in [0.1, 0.15) is 31.4 Å². The number of methoxy groups -OCH3 is 1. The fourth-order valence-electron chi connectivity index (χ4n) is 1.58. The Morgan fingerprint density at radius 2 is 2.18 bits per heavy atom. The lowest BCUT2D eigenvalue weighted by Crippen LogP contribution is -2.01. The molecule has 0 aliphatic carbocycles. The van der Waals surface area contributed by atoms with Crippen LogP contribution in [0, 0.1) is 5.92 Å². The van der Waals surface area contributed by atoms with Crippen molar-refractivity contribution in [2.75, 3.05) is 12.9 Å². The fourth-order valence-corrected chi connectivity index (χ4v) is 2.75. The minimum Gasteiger partial charge on any atom is -0.496 e. The molecule has 0 aromatic heterocycles. The van der Waals surface area contributed by atoms with Gasteiger partial charge < -0.3 is 10.5 Å². The van der Waals surface area contributed by atoms with Gasteiger partial charge in [0.25, 0.3) is 0 Å². The number of nitrogens with two attached hydrogens (primary N) is 1. The van der Waals surface area contributed by atoms with E-state index in [1.165, 1.54) is 17.7 Å². The van der Waals surface area contributed by atoms with Crippen LogP contribution >= 0.6 is 11.8 Å². The molecular weight excluding hydrogens is 230 g/mol. The Bertz CT molecular complexity index is 341. The molecule has 0 aliphatic rings. The summed E-state index contributed by atoms with van der Waals surface area (Å²) in [7, 11) is 1.69. The van der Waals surface area contributed by atoms with Crippen molar-refractivity contribution in [3.05, 3.63) is 29.3 Å². The van der Waals surface area contributed by atoms with Gasteiger partial charge in [0, 0.05) is 17.9 Å². The van der Waals surface area contributed by atoms with Gasteiger partial charge in [-0.2, -0.15) is 11.8 Å². The van der Waals surface area contributed by atoms with Crippen molar-refractivity contribution in [3.8, 4) is 5.75 Å². The molecule has 1 aromatic carbocycles. The molecule has 2 N–H and O–H groups in total. The first-order chi connectivity index (χ1) is 8.21. The van der Waals surface area contributed by atoms with Gasteiger partial charge in [-0.3, -0.25) is 0 Å². The van der Waals surface area contributed by atoms with Crippen LogP contribution in [0.4, 0.5) is 0 Å². The summed E-state index contributed by atoms with van der Waals surface area (Å²) < 4.78 is 5.26. The van der Waals surface area contributed by atoms with E-state index in [1.807, 2.05) is 17.8 Å². The summed E-state index contributed by atoms with van der Waals surface area (Å²) >= 11 is 1.99. The molecule has 0 amide bonds. The molecule has 1 rings (SSSR count). The molecule has 0 fully saturated rings. The van der Waals surface area contributed by atoms with Crippen molar-refractivity contribution in [2.24, 2.45) is 11.7 Å². The number of thioether (sulfide) groups is 1. The Kier molecular flexibility index (Phi) is 6.45. The Labute approximate surface area is 109 Å². The Hall–Kier alpha value is -0.670. The highest BCUT2D eigenvalue weighted by Crippen LogP contribution is 2.23. The third-order valence-corrected chi connectivity index (χ3v) is 4.27. The molecule has 0 heterocycles. The maximum Gasteiger partial charge on any atom is 0.123 e. The summed E-state index contributed by atoms with van der Waals surface area (Å²) in [5.74, 6) is 3.97. The Balaban J connectivity index is 2.54. The molecule has 96 valence electrons. The number of rotatable bonds is 7. The van der Waals surface area contributed by atoms with E-state index in [2.05, 4.69) is 26.0 Å². The van der Waals surface area contributed by atoms with Crippen molar-refractivity contribution in [2.45, 2.75) is 32.6 Å². The molecule has 1 aromatic rings. The summed E-state index contributed by atoms with van der Waals surface area (Å²) in [6.07, 6.45) is 1.25. The number of hydrogen-bond acceptors (Lipinski definition) is 3. The monoisotopic (exact) mass is 253 g/mol. The second kappa shape index (κ2) is 7.62. The van der Waals surface area contributed by atoms with E-state index in [4.69, 9.17) is 10.5 Å². The van der Waals surface area contributed by atoms with Gasteiger partial charge in [-0.25, -0.2) is 0 Å². The number of ether oxygens (including phenoxy) is 1. The van der Waals surface area contributed by atoms with Crippen LogP contribution in [0.2, 0.25) is 0 Å². The minimum atomic E-state index is 0.535. The molecule has 1 atom stereocenters. The zero-order valence-electron chi connectivity index (χ0n) is 11.0. The van der Waals surface area contributed by atoms with Gasteiger partial charge in [-0.05, 0) is 29.4 Å². The van der Waals surface area contributed by atoms with E-state index in [1.54, 1.807) is 7.11 Å². The van der Waals surface area contributed by atoms with Crippen molar-refractivity contribution >= 4 is 11.8 Å². The Morgan fingerprint density at radius 3 is 2.76 bits per heavy atom. The third kappa shape index (κ3) is 4.60. The predicted octanol–water partition coefficient (Wildman–Crippen LogP) is 3.43. The van der Waals surface area contributed by atoms with Gasteiger partial charge in [0.15, 0.2) is 0 Å². The molecule has 0 aliphatic heterocycles. The van der Waals surface area contributed by atoms with Crippen LogP contribution in [-0.2, 0) is 12.3 Å². The van der Waals surface area contributed by atoms with Gasteiger partial charge in [0.05, 0.1) is 7.11 Å². The van der Waals surface area contributed by atoms with Gasteiger partial charge >= 0.3 is 0 Å². The lowest BCUT2D eigenvalue weighted by Gasteiger charge is -2.10. The van der Waals surface area contributed by atoms with E-state index in [9.17, 15) is 0 Å². The van der Waals surface area contributed by atoms with Gasteiger partial charge in [0.2, 0.25) is 0 Å². The molecule has 0 saturated carbocycles. The van der Waals surface area contributed by atoms with Gasteiger partial charge in [-0.1, -0.05) is 26.3 Å². The van der Waals surface area contributed by atoms with Gasteiger partial charge in [-0.15, -0.1) is 0 Å². The highest BCUT2D eigenvalue weighted by Gasteiger charge is 2.04. The largest absolute Gasteiger partial charge is 0.496 e. The van der Waals surface area contributed by atoms with Crippen LogP contribution < -0.4 is 10.5 Å². The smallest absolute Gasteiger partial charge is 0.123 e. The molecule has 17 heavy (non-hydrogen) atoms. The zero-order chi connectivity index (χ0) is 12.7. The lowest BCUT2D eigenvalue weighted by molar-refractivity contribution is 0.409. The van der Waals surface area contributed by atoms with Crippen molar-refractivity contribution in [1.82, 2.24) is 0 Å². The molecule has 2 nitrogen and oxygen atoms in total. The quantitative estimate of drug-likeness (QED) is 0.808. The topological polar surface area (TPSA) is 35.2 Å².